The molecule has 1 atom stereocenters. The van der Waals surface area contributed by atoms with Crippen molar-refractivity contribution in [1.82, 2.24) is 20.4 Å². The normalized spacial score (nSPS) is 12.6. The second kappa shape index (κ2) is 14.7. The van der Waals surface area contributed by atoms with Crippen molar-refractivity contribution in [3.63, 3.8) is 0 Å². The smallest absolute Gasteiger partial charge is 0.308 e. The van der Waals surface area contributed by atoms with E-state index in [0.29, 0.717) is 23.1 Å². The van der Waals surface area contributed by atoms with Crippen molar-refractivity contribution >= 4 is 56.5 Å². The van der Waals surface area contributed by atoms with Gasteiger partial charge in [0.05, 0.1) is 18.4 Å². The Morgan fingerprint density at radius 3 is 2.12 bits per heavy atom. The van der Waals surface area contributed by atoms with E-state index in [1.165, 1.54) is 48.3 Å². The Balaban J connectivity index is 1.74. The van der Waals surface area contributed by atoms with Gasteiger partial charge in [-0.2, -0.15) is 0 Å². The molecule has 1 unspecified atom stereocenters. The van der Waals surface area contributed by atoms with Gasteiger partial charge in [-0.15, -0.1) is 20.4 Å². The summed E-state index contributed by atoms with van der Waals surface area (Å²) in [6, 6.07) is 0. The van der Waals surface area contributed by atoms with Crippen LogP contribution in [0.2, 0.25) is 0 Å². The highest BCUT2D eigenvalue weighted by Gasteiger charge is 2.27. The lowest BCUT2D eigenvalue weighted by Crippen LogP contribution is -2.37. The lowest BCUT2D eigenvalue weighted by Gasteiger charge is -2.26. The van der Waals surface area contributed by atoms with Gasteiger partial charge < -0.3 is 19.9 Å². The number of nitrogens with zero attached hydrogens (tertiary/aromatic N) is 5. The zero-order valence-electron chi connectivity index (χ0n) is 24.0. The molecule has 0 spiro atoms. The van der Waals surface area contributed by atoms with E-state index < -0.39 is 29.4 Å². The summed E-state index contributed by atoms with van der Waals surface area (Å²) in [5.41, 5.74) is -0.550. The minimum atomic E-state index is -1.59. The number of aryl methyl sites for hydroxylation is 2. The molecule has 0 fully saturated rings. The van der Waals surface area contributed by atoms with Crippen LogP contribution in [0.5, 0.6) is 0 Å². The Labute approximate surface area is 241 Å². The lowest BCUT2D eigenvalue weighted by molar-refractivity contribution is -0.195. The monoisotopic (exact) mass is 598 g/mol. The van der Waals surface area contributed by atoms with Crippen LogP contribution in [0, 0.1) is 0 Å². The van der Waals surface area contributed by atoms with Gasteiger partial charge in [0.1, 0.15) is 16.1 Å². The summed E-state index contributed by atoms with van der Waals surface area (Å²) >= 11 is 2.58. The van der Waals surface area contributed by atoms with E-state index in [4.69, 9.17) is 9.47 Å². The van der Waals surface area contributed by atoms with Gasteiger partial charge in [-0.25, -0.2) is 0 Å². The topological polar surface area (TPSA) is 174 Å². The molecule has 13 nitrogen and oxygen atoms in total. The number of ether oxygens (including phenoxy) is 2. The Hall–Kier alpha value is -2.88. The molecule has 0 aliphatic carbocycles. The highest BCUT2D eigenvalue weighted by molar-refractivity contribution is 7.15. The van der Waals surface area contributed by atoms with Crippen molar-refractivity contribution in [3.05, 3.63) is 10.0 Å². The van der Waals surface area contributed by atoms with Crippen molar-refractivity contribution in [3.8, 4) is 0 Å². The van der Waals surface area contributed by atoms with E-state index in [1.807, 2.05) is 20.8 Å². The van der Waals surface area contributed by atoms with Crippen molar-refractivity contribution in [2.45, 2.75) is 104 Å². The fourth-order valence-corrected chi connectivity index (χ4v) is 4.92. The van der Waals surface area contributed by atoms with Crippen LogP contribution >= 0.6 is 22.7 Å². The molecule has 40 heavy (non-hydrogen) atoms. The number of carbonyl (C=O) groups excluding carboxylic acids is 4. The van der Waals surface area contributed by atoms with Gasteiger partial charge in [0.25, 0.3) is 0 Å². The first-order valence-corrected chi connectivity index (χ1v) is 14.5. The maximum atomic E-state index is 12.7. The minimum Gasteiger partial charge on any atom is -0.434 e. The fourth-order valence-electron chi connectivity index (χ4n) is 3.26. The molecule has 2 amide bonds. The van der Waals surface area contributed by atoms with Crippen LogP contribution in [0.4, 0.5) is 10.3 Å². The Morgan fingerprint density at radius 1 is 0.950 bits per heavy atom. The lowest BCUT2D eigenvalue weighted by atomic mass is 10.1. The van der Waals surface area contributed by atoms with Gasteiger partial charge in [0, 0.05) is 40.2 Å². The van der Waals surface area contributed by atoms with Crippen LogP contribution in [0.25, 0.3) is 0 Å². The van der Waals surface area contributed by atoms with Gasteiger partial charge in [0.2, 0.25) is 27.9 Å². The second-order valence-corrected chi connectivity index (χ2v) is 12.7. The number of esters is 1. The first-order chi connectivity index (χ1) is 18.5. The Bertz CT molecular complexity index is 1170. The molecule has 0 radical (unpaired) electrons. The summed E-state index contributed by atoms with van der Waals surface area (Å²) in [5.74, 6) is -3.14. The number of carbonyl (C=O) groups is 4. The van der Waals surface area contributed by atoms with E-state index in [2.05, 4.69) is 25.7 Å². The van der Waals surface area contributed by atoms with Crippen LogP contribution in [-0.2, 0) is 41.5 Å². The van der Waals surface area contributed by atoms with E-state index >= 15 is 0 Å². The molecular weight excluding hydrogens is 560 g/mol. The highest BCUT2D eigenvalue weighted by Crippen LogP contribution is 2.24. The average molecular weight is 599 g/mol. The average Bonchev–Trinajstić information content (AvgIpc) is 3.47. The molecule has 2 N–H and O–H groups in total. The fraction of sp³-hybridized carbons (Fsp3) is 0.680. The van der Waals surface area contributed by atoms with E-state index in [0.717, 1.165) is 22.9 Å². The number of Topliss-reactive ketones (excluding diaryl/α,β-unsaturated/α-hetero) is 1. The van der Waals surface area contributed by atoms with E-state index in [-0.39, 0.29) is 31.0 Å². The molecule has 0 saturated heterocycles. The summed E-state index contributed by atoms with van der Waals surface area (Å²) in [4.78, 5) is 49.7. The summed E-state index contributed by atoms with van der Waals surface area (Å²) < 4.78 is 10.5. The first-order valence-electron chi connectivity index (χ1n) is 12.9. The zero-order chi connectivity index (χ0) is 30.1. The molecule has 0 aromatic carbocycles. The Morgan fingerprint density at radius 2 is 1.55 bits per heavy atom. The largest absolute Gasteiger partial charge is 0.434 e. The zero-order valence-corrected chi connectivity index (χ0v) is 25.6. The summed E-state index contributed by atoms with van der Waals surface area (Å²) in [6.07, 6.45) is 1.79. The number of amides is 2. The Kier molecular flexibility index (Phi) is 12.2. The number of ketones is 1. The van der Waals surface area contributed by atoms with E-state index in [9.17, 15) is 24.3 Å². The van der Waals surface area contributed by atoms with Crippen molar-refractivity contribution in [2.75, 3.05) is 17.3 Å². The molecular formula is C25H38N6O7S2. The highest BCUT2D eigenvalue weighted by atomic mass is 32.1. The third kappa shape index (κ3) is 12.5. The van der Waals surface area contributed by atoms with Crippen LogP contribution in [0.15, 0.2) is 0 Å². The molecule has 0 aliphatic rings. The van der Waals surface area contributed by atoms with Crippen LogP contribution in [0.1, 0.15) is 83.7 Å². The van der Waals surface area contributed by atoms with Gasteiger partial charge in [-0.3, -0.25) is 24.1 Å². The number of nitrogens with one attached hydrogen (secondary N) is 1. The van der Waals surface area contributed by atoms with Crippen LogP contribution in [-0.4, -0.2) is 73.6 Å². The number of hydrogen-bond donors (Lipinski definition) is 2. The second-order valence-electron chi connectivity index (χ2n) is 10.6. The molecule has 0 bridgehead atoms. The van der Waals surface area contributed by atoms with Crippen LogP contribution in [0.3, 0.4) is 0 Å². The number of aliphatic hydroxyl groups is 1. The SMILES string of the molecule is CC(=O)C(CC(=O)N(C)c1nnc(CCCCc2nnc(NC(=O)CCC(=O)OC(C)(C)O)s2)s1)OC(C)(C)C. The molecule has 0 saturated carbocycles. The number of aromatic nitrogens is 4. The summed E-state index contributed by atoms with van der Waals surface area (Å²) in [5, 5.41) is 30.8. The van der Waals surface area contributed by atoms with Gasteiger partial charge in [0.15, 0.2) is 5.78 Å². The van der Waals surface area contributed by atoms with Gasteiger partial charge in [-0.05, 0) is 40.5 Å². The summed E-state index contributed by atoms with van der Waals surface area (Å²) in [7, 11) is 1.61. The maximum absolute atomic E-state index is 12.7. The van der Waals surface area contributed by atoms with Crippen molar-refractivity contribution < 1.29 is 33.8 Å². The maximum Gasteiger partial charge on any atom is 0.308 e. The number of rotatable bonds is 15. The van der Waals surface area contributed by atoms with Crippen molar-refractivity contribution in [1.29, 1.82) is 0 Å². The first kappa shape index (κ1) is 33.3. The molecule has 2 heterocycles. The third-order valence-electron chi connectivity index (χ3n) is 5.09. The summed E-state index contributed by atoms with van der Waals surface area (Å²) in [6.45, 7) is 9.58. The van der Waals surface area contributed by atoms with Gasteiger partial charge in [-0.1, -0.05) is 22.7 Å². The van der Waals surface area contributed by atoms with Crippen molar-refractivity contribution in [2.24, 2.45) is 0 Å². The predicted octanol–water partition coefficient (Wildman–Crippen LogP) is 3.07. The number of unbranched alkanes of at least 4 members (excludes halogenated alkanes) is 1. The molecule has 2 aromatic rings. The molecule has 2 rings (SSSR count). The van der Waals surface area contributed by atoms with Crippen LogP contribution < -0.4 is 10.2 Å². The van der Waals surface area contributed by atoms with Gasteiger partial charge >= 0.3 is 5.97 Å². The molecule has 2 aromatic heterocycles. The molecule has 15 heteroatoms. The third-order valence-corrected chi connectivity index (χ3v) is 7.05. The predicted molar refractivity (Wildman–Crippen MR) is 150 cm³/mol. The minimum absolute atomic E-state index is 0.0725. The standard InChI is InChI=1S/C25H38N6O7S2/c1-15(32)16(37-24(2,3)4)14-20(34)31(7)23-30-28-19(40-23)11-9-8-10-18-27-29-22(39-18)26-17(33)12-13-21(35)38-25(5,6)36/h16,36H,8-14H2,1-7H3,(H,26,29,33). The molecule has 0 aliphatic heterocycles. The quantitative estimate of drug-likeness (QED) is 0.175. The number of anilines is 2. The van der Waals surface area contributed by atoms with E-state index in [1.54, 1.807) is 7.05 Å². The molecule has 222 valence electrons. The number of hydrogen-bond acceptors (Lipinski definition) is 13.